The van der Waals surface area contributed by atoms with Gasteiger partial charge in [-0.05, 0) is 43.3 Å². The molecule has 2 aromatic carbocycles. The van der Waals surface area contributed by atoms with E-state index in [2.05, 4.69) is 20.0 Å². The minimum absolute atomic E-state index is 0.0384. The number of nitrogens with zero attached hydrogens (tertiary/aromatic N) is 3. The Morgan fingerprint density at radius 2 is 1.76 bits per heavy atom. The summed E-state index contributed by atoms with van der Waals surface area (Å²) in [5.74, 6) is 0.0366. The van der Waals surface area contributed by atoms with E-state index in [1.54, 1.807) is 0 Å². The highest BCUT2D eigenvalue weighted by Crippen LogP contribution is 2.21. The van der Waals surface area contributed by atoms with Gasteiger partial charge < -0.3 is 14.8 Å². The normalized spacial score (nSPS) is 11.8. The van der Waals surface area contributed by atoms with E-state index in [0.29, 0.717) is 5.69 Å². The quantitative estimate of drug-likeness (QED) is 0.351. The Morgan fingerprint density at radius 1 is 1.09 bits per heavy atom. The smallest absolute Gasteiger partial charge is 0.269 e. The number of non-ortho nitro benzene ring substituents is 1. The Kier molecular flexibility index (Phi) is 7.03. The topological polar surface area (TPSA) is 163 Å². The van der Waals surface area contributed by atoms with Crippen LogP contribution in [0.4, 0.5) is 17.2 Å². The molecule has 0 spiro atoms. The first-order valence-corrected chi connectivity index (χ1v) is 10.9. The molecule has 1 heterocycles. The molecule has 172 valence electrons. The van der Waals surface area contributed by atoms with Gasteiger partial charge in [-0.25, -0.2) is 18.4 Å². The number of ether oxygens (including phenoxy) is 2. The zero-order valence-corrected chi connectivity index (χ0v) is 18.3. The number of nitro benzene ring substituents is 1. The van der Waals surface area contributed by atoms with Crippen LogP contribution in [0, 0.1) is 10.1 Å². The molecule has 1 aromatic heterocycles. The van der Waals surface area contributed by atoms with Crippen LogP contribution in [0.25, 0.3) is 0 Å². The van der Waals surface area contributed by atoms with Gasteiger partial charge in [-0.1, -0.05) is 0 Å². The number of methoxy groups -OCH3 is 1. The average molecular weight is 473 g/mol. The molecular weight excluding hydrogens is 454 g/mol. The Hall–Kier alpha value is -4.26. The van der Waals surface area contributed by atoms with E-state index in [-0.39, 0.29) is 28.0 Å². The van der Waals surface area contributed by atoms with Crippen LogP contribution in [0.3, 0.4) is 0 Å². The van der Waals surface area contributed by atoms with Crippen molar-refractivity contribution in [3.8, 4) is 11.6 Å². The maximum atomic E-state index is 12.6. The van der Waals surface area contributed by atoms with Crippen LogP contribution in [-0.2, 0) is 14.8 Å². The van der Waals surface area contributed by atoms with E-state index in [1.807, 2.05) is 0 Å². The van der Waals surface area contributed by atoms with Gasteiger partial charge in [-0.15, -0.1) is 0 Å². The fraction of sp³-hybridized carbons (Fsp3) is 0.150. The first-order valence-electron chi connectivity index (χ1n) is 9.39. The highest BCUT2D eigenvalue weighted by atomic mass is 32.2. The van der Waals surface area contributed by atoms with Crippen molar-refractivity contribution in [3.05, 3.63) is 71.0 Å². The minimum Gasteiger partial charge on any atom is -0.481 e. The van der Waals surface area contributed by atoms with Crippen molar-refractivity contribution in [1.29, 1.82) is 0 Å². The Balaban J connectivity index is 1.61. The summed E-state index contributed by atoms with van der Waals surface area (Å²) in [6.45, 7) is 1.51. The van der Waals surface area contributed by atoms with Crippen molar-refractivity contribution in [1.82, 2.24) is 9.97 Å². The molecule has 13 heteroatoms. The van der Waals surface area contributed by atoms with Gasteiger partial charge in [-0.2, -0.15) is 0 Å². The summed E-state index contributed by atoms with van der Waals surface area (Å²) in [6.07, 6.45) is 0.249. The zero-order valence-electron chi connectivity index (χ0n) is 17.5. The summed E-state index contributed by atoms with van der Waals surface area (Å²) in [5.41, 5.74) is 0.254. The molecule has 0 bridgehead atoms. The van der Waals surface area contributed by atoms with Gasteiger partial charge in [0.2, 0.25) is 5.88 Å². The predicted octanol–water partition coefficient (Wildman–Crippen LogP) is 2.60. The number of nitro groups is 1. The Bertz CT molecular complexity index is 1250. The maximum absolute atomic E-state index is 12.6. The zero-order chi connectivity index (χ0) is 24.0. The number of rotatable bonds is 9. The summed E-state index contributed by atoms with van der Waals surface area (Å²) in [6, 6.07) is 12.1. The first-order chi connectivity index (χ1) is 15.7. The number of carbonyl (C=O) groups excluding carboxylic acids is 1. The van der Waals surface area contributed by atoms with Crippen LogP contribution in [0.15, 0.2) is 65.8 Å². The highest BCUT2D eigenvalue weighted by molar-refractivity contribution is 7.92. The summed E-state index contributed by atoms with van der Waals surface area (Å²) < 4.78 is 37.8. The molecule has 1 unspecified atom stereocenters. The number of hydrogen-bond acceptors (Lipinski definition) is 9. The number of amides is 1. The van der Waals surface area contributed by atoms with E-state index in [0.717, 1.165) is 6.33 Å². The third-order valence-corrected chi connectivity index (χ3v) is 5.62. The SMILES string of the molecule is COc1cc(NS(=O)(=O)c2ccc(NC(=O)C(C)Oc3ccc([N+](=O)[O-])cc3)cc2)ncn1. The lowest BCUT2D eigenvalue weighted by molar-refractivity contribution is -0.384. The number of aromatic nitrogens is 2. The van der Waals surface area contributed by atoms with Crippen LogP contribution in [0.1, 0.15) is 6.92 Å². The second kappa shape index (κ2) is 9.91. The first kappa shape index (κ1) is 23.4. The number of benzene rings is 2. The minimum atomic E-state index is -3.93. The standard InChI is InChI=1S/C20H19N5O7S/c1-13(32-16-7-5-15(6-8-16)25(27)28)20(26)23-14-3-9-17(10-4-14)33(29,30)24-18-11-19(31-2)22-12-21-18/h3-13H,1-2H3,(H,23,26)(H,21,22,24). The van der Waals surface area contributed by atoms with Crippen LogP contribution < -0.4 is 19.5 Å². The average Bonchev–Trinajstić information content (AvgIpc) is 2.79. The largest absolute Gasteiger partial charge is 0.481 e. The second-order valence-corrected chi connectivity index (χ2v) is 8.26. The molecule has 1 amide bonds. The fourth-order valence-corrected chi connectivity index (χ4v) is 3.57. The molecule has 0 fully saturated rings. The van der Waals surface area contributed by atoms with Gasteiger partial charge in [0.15, 0.2) is 6.10 Å². The fourth-order valence-electron chi connectivity index (χ4n) is 2.57. The molecule has 0 aliphatic carbocycles. The van der Waals surface area contributed by atoms with Gasteiger partial charge in [0, 0.05) is 23.9 Å². The van der Waals surface area contributed by atoms with Gasteiger partial charge in [-0.3, -0.25) is 19.6 Å². The van der Waals surface area contributed by atoms with Crippen molar-refractivity contribution in [3.63, 3.8) is 0 Å². The number of carbonyl (C=O) groups is 1. The van der Waals surface area contributed by atoms with Crippen molar-refractivity contribution < 1.29 is 27.6 Å². The maximum Gasteiger partial charge on any atom is 0.269 e. The van der Waals surface area contributed by atoms with Crippen molar-refractivity contribution in [2.24, 2.45) is 0 Å². The van der Waals surface area contributed by atoms with Gasteiger partial charge in [0.1, 0.15) is 17.9 Å². The molecule has 3 rings (SSSR count). The predicted molar refractivity (Wildman–Crippen MR) is 118 cm³/mol. The molecule has 0 aliphatic rings. The van der Waals surface area contributed by atoms with E-state index < -0.39 is 27.0 Å². The summed E-state index contributed by atoms with van der Waals surface area (Å²) >= 11 is 0. The lowest BCUT2D eigenvalue weighted by atomic mass is 10.3. The van der Waals surface area contributed by atoms with Crippen LogP contribution in [0.2, 0.25) is 0 Å². The summed E-state index contributed by atoms with van der Waals surface area (Å²) in [7, 11) is -2.54. The van der Waals surface area contributed by atoms with E-state index in [9.17, 15) is 23.3 Å². The van der Waals surface area contributed by atoms with Crippen molar-refractivity contribution in [2.45, 2.75) is 17.9 Å². The lowest BCUT2D eigenvalue weighted by Gasteiger charge is -2.15. The van der Waals surface area contributed by atoms with Gasteiger partial charge in [0.05, 0.1) is 16.9 Å². The molecule has 12 nitrogen and oxygen atoms in total. The van der Waals surface area contributed by atoms with E-state index in [4.69, 9.17) is 9.47 Å². The summed E-state index contributed by atoms with van der Waals surface area (Å²) in [4.78, 5) is 30.1. The molecule has 0 radical (unpaired) electrons. The molecule has 0 aliphatic heterocycles. The Labute approximate surface area is 188 Å². The van der Waals surface area contributed by atoms with E-state index >= 15 is 0 Å². The molecule has 0 saturated heterocycles. The third kappa shape index (κ3) is 6.13. The molecule has 3 aromatic rings. The monoisotopic (exact) mass is 473 g/mol. The van der Waals surface area contributed by atoms with Crippen LogP contribution >= 0.6 is 0 Å². The number of hydrogen-bond donors (Lipinski definition) is 2. The van der Waals surface area contributed by atoms with E-state index in [1.165, 1.54) is 68.6 Å². The third-order valence-electron chi connectivity index (χ3n) is 4.25. The number of anilines is 2. The molecule has 33 heavy (non-hydrogen) atoms. The Morgan fingerprint density at radius 3 is 2.36 bits per heavy atom. The molecular formula is C20H19N5O7S. The molecule has 1 atom stereocenters. The van der Waals surface area contributed by atoms with Gasteiger partial charge in [0.25, 0.3) is 21.6 Å². The lowest BCUT2D eigenvalue weighted by Crippen LogP contribution is -2.30. The van der Waals surface area contributed by atoms with Crippen molar-refractivity contribution in [2.75, 3.05) is 17.1 Å². The second-order valence-electron chi connectivity index (χ2n) is 6.58. The highest BCUT2D eigenvalue weighted by Gasteiger charge is 2.18. The number of nitrogens with one attached hydrogen (secondary N) is 2. The van der Waals surface area contributed by atoms with Crippen LogP contribution in [0.5, 0.6) is 11.6 Å². The summed E-state index contributed by atoms with van der Waals surface area (Å²) in [5, 5.41) is 13.3. The molecule has 0 saturated carbocycles. The van der Waals surface area contributed by atoms with Crippen molar-refractivity contribution >= 4 is 33.1 Å². The van der Waals surface area contributed by atoms with Crippen LogP contribution in [-0.4, -0.2) is 42.4 Å². The van der Waals surface area contributed by atoms with Gasteiger partial charge >= 0.3 is 0 Å². The molecule has 2 N–H and O–H groups in total. The number of sulfonamides is 1.